The van der Waals surface area contributed by atoms with Crippen molar-refractivity contribution in [3.8, 4) is 11.5 Å². The first-order valence-corrected chi connectivity index (χ1v) is 7.52. The molecule has 118 valence electrons. The highest BCUT2D eigenvalue weighted by atomic mass is 16.5. The van der Waals surface area contributed by atoms with Gasteiger partial charge in [0.05, 0.1) is 14.2 Å². The second kappa shape index (κ2) is 7.64. The van der Waals surface area contributed by atoms with Crippen molar-refractivity contribution in [2.75, 3.05) is 54.0 Å². The summed E-state index contributed by atoms with van der Waals surface area (Å²) in [5.74, 6) is 1.59. The van der Waals surface area contributed by atoms with E-state index < -0.39 is 0 Å². The molecule has 1 saturated heterocycles. The molecular formula is C16H27N3O2. The first-order valence-electron chi connectivity index (χ1n) is 7.52. The minimum absolute atomic E-state index is 0.0470. The lowest BCUT2D eigenvalue weighted by Crippen LogP contribution is -2.35. The first-order chi connectivity index (χ1) is 10.1. The zero-order valence-corrected chi connectivity index (χ0v) is 13.3. The van der Waals surface area contributed by atoms with E-state index in [2.05, 4.69) is 16.8 Å². The highest BCUT2D eigenvalue weighted by molar-refractivity contribution is 5.42. The van der Waals surface area contributed by atoms with Crippen molar-refractivity contribution in [1.82, 2.24) is 9.80 Å². The molecule has 5 heteroatoms. The Morgan fingerprint density at radius 2 is 1.95 bits per heavy atom. The molecule has 2 N–H and O–H groups in total. The van der Waals surface area contributed by atoms with Crippen molar-refractivity contribution in [3.63, 3.8) is 0 Å². The molecule has 1 aliphatic rings. The van der Waals surface area contributed by atoms with Gasteiger partial charge in [0.15, 0.2) is 0 Å². The van der Waals surface area contributed by atoms with Gasteiger partial charge in [-0.1, -0.05) is 6.07 Å². The topological polar surface area (TPSA) is 51.0 Å². The zero-order chi connectivity index (χ0) is 15.2. The van der Waals surface area contributed by atoms with Crippen molar-refractivity contribution >= 4 is 0 Å². The van der Waals surface area contributed by atoms with Gasteiger partial charge in [0.1, 0.15) is 11.5 Å². The van der Waals surface area contributed by atoms with E-state index >= 15 is 0 Å². The number of hydrogen-bond donors (Lipinski definition) is 1. The summed E-state index contributed by atoms with van der Waals surface area (Å²) in [4.78, 5) is 4.82. The Hall–Kier alpha value is -1.30. The number of ether oxygens (including phenoxy) is 2. The maximum Gasteiger partial charge on any atom is 0.127 e. The normalized spacial score (nSPS) is 19.0. The molecule has 2 rings (SSSR count). The van der Waals surface area contributed by atoms with Crippen LogP contribution in [0.3, 0.4) is 0 Å². The van der Waals surface area contributed by atoms with Gasteiger partial charge in [-0.3, -0.25) is 0 Å². The molecule has 1 atom stereocenters. The number of benzene rings is 1. The molecule has 1 unspecified atom stereocenters. The van der Waals surface area contributed by atoms with Crippen molar-refractivity contribution < 1.29 is 9.47 Å². The van der Waals surface area contributed by atoms with Gasteiger partial charge in [0.25, 0.3) is 0 Å². The van der Waals surface area contributed by atoms with Gasteiger partial charge in [-0.05, 0) is 32.6 Å². The van der Waals surface area contributed by atoms with Crippen LogP contribution < -0.4 is 15.2 Å². The van der Waals surface area contributed by atoms with Crippen LogP contribution in [-0.4, -0.2) is 63.8 Å². The van der Waals surface area contributed by atoms with Gasteiger partial charge in [0, 0.05) is 37.3 Å². The summed E-state index contributed by atoms with van der Waals surface area (Å²) in [5.41, 5.74) is 7.44. The van der Waals surface area contributed by atoms with Crippen LogP contribution in [0.4, 0.5) is 0 Å². The van der Waals surface area contributed by atoms with Crippen molar-refractivity contribution in [3.05, 3.63) is 23.8 Å². The first kappa shape index (κ1) is 16.1. The summed E-state index contributed by atoms with van der Waals surface area (Å²) in [6.45, 7) is 5.31. The molecule has 0 radical (unpaired) electrons. The Morgan fingerprint density at radius 1 is 1.14 bits per heavy atom. The molecular weight excluding hydrogens is 266 g/mol. The second-order valence-electron chi connectivity index (χ2n) is 5.67. The number of nitrogens with zero attached hydrogens (tertiary/aromatic N) is 2. The SMILES string of the molecule is COc1ccc(C(N)CN2CCCN(C)CC2)c(OC)c1. The van der Waals surface area contributed by atoms with Crippen molar-refractivity contribution in [2.24, 2.45) is 5.73 Å². The predicted octanol–water partition coefficient (Wildman–Crippen LogP) is 1.34. The van der Waals surface area contributed by atoms with E-state index in [-0.39, 0.29) is 6.04 Å². The van der Waals surface area contributed by atoms with Crippen LogP contribution >= 0.6 is 0 Å². The van der Waals surface area contributed by atoms with Gasteiger partial charge < -0.3 is 25.0 Å². The van der Waals surface area contributed by atoms with Crippen LogP contribution in [0, 0.1) is 0 Å². The third-order valence-corrected chi connectivity index (χ3v) is 4.11. The number of nitrogens with two attached hydrogens (primary N) is 1. The van der Waals surface area contributed by atoms with E-state index in [4.69, 9.17) is 15.2 Å². The molecule has 21 heavy (non-hydrogen) atoms. The average Bonchev–Trinajstić information content (AvgIpc) is 2.71. The Morgan fingerprint density at radius 3 is 2.67 bits per heavy atom. The fraction of sp³-hybridized carbons (Fsp3) is 0.625. The van der Waals surface area contributed by atoms with Crippen LogP contribution in [0.1, 0.15) is 18.0 Å². The predicted molar refractivity (Wildman–Crippen MR) is 85.0 cm³/mol. The number of methoxy groups -OCH3 is 2. The zero-order valence-electron chi connectivity index (χ0n) is 13.3. The second-order valence-corrected chi connectivity index (χ2v) is 5.67. The van der Waals surface area contributed by atoms with Gasteiger partial charge in [-0.25, -0.2) is 0 Å². The highest BCUT2D eigenvalue weighted by Crippen LogP contribution is 2.29. The molecule has 1 aromatic rings. The monoisotopic (exact) mass is 293 g/mol. The molecule has 0 amide bonds. The van der Waals surface area contributed by atoms with E-state index in [1.165, 1.54) is 6.42 Å². The summed E-state index contributed by atoms with van der Waals surface area (Å²) in [6, 6.07) is 5.79. The summed E-state index contributed by atoms with van der Waals surface area (Å²) in [6.07, 6.45) is 1.20. The maximum absolute atomic E-state index is 6.40. The number of likely N-dealkylation sites (N-methyl/N-ethyl adjacent to an activating group) is 1. The third-order valence-electron chi connectivity index (χ3n) is 4.11. The minimum Gasteiger partial charge on any atom is -0.497 e. The molecule has 1 heterocycles. The van der Waals surface area contributed by atoms with E-state index in [0.717, 1.165) is 49.8 Å². The van der Waals surface area contributed by atoms with Crippen LogP contribution in [0.15, 0.2) is 18.2 Å². The molecule has 5 nitrogen and oxygen atoms in total. The third kappa shape index (κ3) is 4.33. The molecule has 1 aliphatic heterocycles. The summed E-state index contributed by atoms with van der Waals surface area (Å²) < 4.78 is 10.7. The smallest absolute Gasteiger partial charge is 0.127 e. The molecule has 0 bridgehead atoms. The van der Waals surface area contributed by atoms with Gasteiger partial charge in [-0.2, -0.15) is 0 Å². The average molecular weight is 293 g/mol. The maximum atomic E-state index is 6.40. The Balaban J connectivity index is 2.03. The molecule has 0 saturated carbocycles. The lowest BCUT2D eigenvalue weighted by molar-refractivity contribution is 0.259. The molecule has 0 aromatic heterocycles. The van der Waals surface area contributed by atoms with E-state index in [9.17, 15) is 0 Å². The van der Waals surface area contributed by atoms with Crippen LogP contribution in [0.5, 0.6) is 11.5 Å². The molecule has 1 fully saturated rings. The van der Waals surface area contributed by atoms with E-state index in [1.54, 1.807) is 14.2 Å². The van der Waals surface area contributed by atoms with Crippen LogP contribution in [-0.2, 0) is 0 Å². The molecule has 1 aromatic carbocycles. The fourth-order valence-electron chi connectivity index (χ4n) is 2.78. The molecule has 0 spiro atoms. The van der Waals surface area contributed by atoms with Crippen LogP contribution in [0.2, 0.25) is 0 Å². The van der Waals surface area contributed by atoms with Gasteiger partial charge >= 0.3 is 0 Å². The standard InChI is InChI=1S/C16H27N3O2/c1-18-7-4-8-19(10-9-18)12-15(17)14-6-5-13(20-2)11-16(14)21-3/h5-6,11,15H,4,7-10,12,17H2,1-3H3. The van der Waals surface area contributed by atoms with Crippen molar-refractivity contribution in [2.45, 2.75) is 12.5 Å². The lowest BCUT2D eigenvalue weighted by Gasteiger charge is -2.25. The Kier molecular flexibility index (Phi) is 5.85. The van der Waals surface area contributed by atoms with Crippen LogP contribution in [0.25, 0.3) is 0 Å². The number of rotatable bonds is 5. The van der Waals surface area contributed by atoms with Crippen molar-refractivity contribution in [1.29, 1.82) is 0 Å². The minimum atomic E-state index is -0.0470. The molecule has 0 aliphatic carbocycles. The summed E-state index contributed by atoms with van der Waals surface area (Å²) >= 11 is 0. The van der Waals surface area contributed by atoms with Gasteiger partial charge in [-0.15, -0.1) is 0 Å². The van der Waals surface area contributed by atoms with E-state index in [1.807, 2.05) is 18.2 Å². The fourth-order valence-corrected chi connectivity index (χ4v) is 2.78. The number of hydrogen-bond acceptors (Lipinski definition) is 5. The Bertz CT molecular complexity index is 453. The summed E-state index contributed by atoms with van der Waals surface area (Å²) in [5, 5.41) is 0. The Labute approximate surface area is 127 Å². The quantitative estimate of drug-likeness (QED) is 0.888. The van der Waals surface area contributed by atoms with Gasteiger partial charge in [0.2, 0.25) is 0 Å². The van der Waals surface area contributed by atoms with E-state index in [0.29, 0.717) is 0 Å². The summed E-state index contributed by atoms with van der Waals surface area (Å²) in [7, 11) is 5.50. The highest BCUT2D eigenvalue weighted by Gasteiger charge is 2.18. The largest absolute Gasteiger partial charge is 0.497 e. The lowest BCUT2D eigenvalue weighted by atomic mass is 10.1.